The predicted molar refractivity (Wildman–Crippen MR) is 70.9 cm³/mol. The van der Waals surface area contributed by atoms with Crippen molar-refractivity contribution in [3.63, 3.8) is 0 Å². The fourth-order valence-corrected chi connectivity index (χ4v) is 1.61. The van der Waals surface area contributed by atoms with Crippen LogP contribution in [0.25, 0.3) is 0 Å². The lowest BCUT2D eigenvalue weighted by Crippen LogP contribution is -2.29. The van der Waals surface area contributed by atoms with Gasteiger partial charge in [-0.2, -0.15) is 0 Å². The third-order valence-corrected chi connectivity index (χ3v) is 2.69. The van der Waals surface area contributed by atoms with Gasteiger partial charge >= 0.3 is 0 Å². The Labute approximate surface area is 107 Å². The third-order valence-electron chi connectivity index (χ3n) is 2.69. The normalized spacial score (nSPS) is 10.7. The molecule has 2 N–H and O–H groups in total. The lowest BCUT2D eigenvalue weighted by Gasteiger charge is -2.18. The number of benzene rings is 1. The van der Waals surface area contributed by atoms with Crippen molar-refractivity contribution in [2.75, 3.05) is 40.0 Å². The lowest BCUT2D eigenvalue weighted by atomic mass is 10.1. The van der Waals surface area contributed by atoms with Crippen LogP contribution in [0.1, 0.15) is 16.8 Å². The van der Waals surface area contributed by atoms with Crippen LogP contribution in [-0.4, -0.2) is 49.9 Å². The standard InChI is InChI=1S/C13H20FN3O/c1-16(2)7-4-8-17(3)13(18)10-5-6-12(15)11(14)9-10/h5-6,9H,4,7-8,15H2,1-3H3. The number of carbonyl (C=O) groups excluding carboxylic acids is 1. The zero-order chi connectivity index (χ0) is 13.7. The molecule has 0 heterocycles. The van der Waals surface area contributed by atoms with Gasteiger partial charge in [-0.05, 0) is 45.3 Å². The van der Waals surface area contributed by atoms with Crippen LogP contribution in [0, 0.1) is 5.82 Å². The molecule has 18 heavy (non-hydrogen) atoms. The Balaban J connectivity index is 2.60. The molecule has 0 radical (unpaired) electrons. The number of nitrogens with zero attached hydrogens (tertiary/aromatic N) is 2. The van der Waals surface area contributed by atoms with Crippen LogP contribution in [0.15, 0.2) is 18.2 Å². The molecule has 0 unspecified atom stereocenters. The van der Waals surface area contributed by atoms with E-state index < -0.39 is 5.82 Å². The van der Waals surface area contributed by atoms with Crippen LogP contribution in [-0.2, 0) is 0 Å². The van der Waals surface area contributed by atoms with Gasteiger partial charge in [-0.3, -0.25) is 4.79 Å². The van der Waals surface area contributed by atoms with Gasteiger partial charge in [0.25, 0.3) is 5.91 Å². The van der Waals surface area contributed by atoms with Crippen LogP contribution < -0.4 is 5.73 Å². The summed E-state index contributed by atoms with van der Waals surface area (Å²) in [7, 11) is 5.68. The highest BCUT2D eigenvalue weighted by Gasteiger charge is 2.13. The quantitative estimate of drug-likeness (QED) is 0.808. The summed E-state index contributed by atoms with van der Waals surface area (Å²) in [6, 6.07) is 4.14. The smallest absolute Gasteiger partial charge is 0.253 e. The van der Waals surface area contributed by atoms with E-state index in [2.05, 4.69) is 4.90 Å². The SMILES string of the molecule is CN(C)CCCN(C)C(=O)c1ccc(N)c(F)c1. The van der Waals surface area contributed by atoms with Gasteiger partial charge in [-0.1, -0.05) is 0 Å². The van der Waals surface area contributed by atoms with Crippen molar-refractivity contribution in [2.24, 2.45) is 0 Å². The second kappa shape index (κ2) is 6.35. The van der Waals surface area contributed by atoms with Crippen LogP contribution >= 0.6 is 0 Å². The first-order valence-electron chi connectivity index (χ1n) is 5.87. The number of anilines is 1. The van der Waals surface area contributed by atoms with E-state index in [4.69, 9.17) is 5.73 Å². The zero-order valence-corrected chi connectivity index (χ0v) is 11.1. The number of carbonyl (C=O) groups is 1. The minimum atomic E-state index is -0.553. The molecule has 4 nitrogen and oxygen atoms in total. The van der Waals surface area contributed by atoms with Crippen LogP contribution in [0.4, 0.5) is 10.1 Å². The largest absolute Gasteiger partial charge is 0.396 e. The molecule has 0 bridgehead atoms. The summed E-state index contributed by atoms with van der Waals surface area (Å²) >= 11 is 0. The van der Waals surface area contributed by atoms with E-state index in [1.54, 1.807) is 18.0 Å². The van der Waals surface area contributed by atoms with Gasteiger partial charge in [-0.25, -0.2) is 4.39 Å². The molecule has 1 aromatic carbocycles. The molecule has 0 atom stereocenters. The van der Waals surface area contributed by atoms with Gasteiger partial charge in [0.2, 0.25) is 0 Å². The molecule has 0 spiro atoms. The molecular formula is C13H20FN3O. The molecule has 0 aliphatic heterocycles. The van der Waals surface area contributed by atoms with Gasteiger partial charge in [0.05, 0.1) is 5.69 Å². The molecular weight excluding hydrogens is 233 g/mol. The van der Waals surface area contributed by atoms with Crippen molar-refractivity contribution in [3.05, 3.63) is 29.6 Å². The van der Waals surface area contributed by atoms with Crippen LogP contribution in [0.3, 0.4) is 0 Å². The average Bonchev–Trinajstić information content (AvgIpc) is 2.31. The van der Waals surface area contributed by atoms with Crippen molar-refractivity contribution in [2.45, 2.75) is 6.42 Å². The molecule has 5 heteroatoms. The first-order chi connectivity index (χ1) is 8.41. The minimum absolute atomic E-state index is 0.0572. The molecule has 100 valence electrons. The fraction of sp³-hybridized carbons (Fsp3) is 0.462. The number of hydrogen-bond donors (Lipinski definition) is 1. The molecule has 0 saturated carbocycles. The van der Waals surface area contributed by atoms with E-state index in [1.165, 1.54) is 12.1 Å². The molecule has 0 saturated heterocycles. The Bertz CT molecular complexity index is 421. The van der Waals surface area contributed by atoms with Crippen molar-refractivity contribution < 1.29 is 9.18 Å². The van der Waals surface area contributed by atoms with Gasteiger partial charge in [-0.15, -0.1) is 0 Å². The van der Waals surface area contributed by atoms with E-state index in [1.807, 2.05) is 14.1 Å². The highest BCUT2D eigenvalue weighted by molar-refractivity contribution is 5.94. The average molecular weight is 253 g/mol. The van der Waals surface area contributed by atoms with E-state index in [-0.39, 0.29) is 11.6 Å². The Hall–Kier alpha value is -1.62. The van der Waals surface area contributed by atoms with Gasteiger partial charge in [0.15, 0.2) is 0 Å². The minimum Gasteiger partial charge on any atom is -0.396 e. The highest BCUT2D eigenvalue weighted by Crippen LogP contribution is 2.13. The highest BCUT2D eigenvalue weighted by atomic mass is 19.1. The Morgan fingerprint density at radius 3 is 2.50 bits per heavy atom. The van der Waals surface area contributed by atoms with Crippen molar-refractivity contribution >= 4 is 11.6 Å². The van der Waals surface area contributed by atoms with Crippen molar-refractivity contribution in [1.82, 2.24) is 9.80 Å². The van der Waals surface area contributed by atoms with Gasteiger partial charge < -0.3 is 15.5 Å². The van der Waals surface area contributed by atoms with Crippen molar-refractivity contribution in [1.29, 1.82) is 0 Å². The topological polar surface area (TPSA) is 49.6 Å². The second-order valence-electron chi connectivity index (χ2n) is 4.62. The summed E-state index contributed by atoms with van der Waals surface area (Å²) in [6.07, 6.45) is 0.882. The number of hydrogen-bond acceptors (Lipinski definition) is 3. The molecule has 0 aromatic heterocycles. The van der Waals surface area contributed by atoms with E-state index >= 15 is 0 Å². The maximum Gasteiger partial charge on any atom is 0.253 e. The summed E-state index contributed by atoms with van der Waals surface area (Å²) in [4.78, 5) is 15.6. The first kappa shape index (κ1) is 14.4. The van der Waals surface area contributed by atoms with E-state index in [0.29, 0.717) is 12.1 Å². The first-order valence-corrected chi connectivity index (χ1v) is 5.87. The summed E-state index contributed by atoms with van der Waals surface area (Å²) < 4.78 is 13.3. The van der Waals surface area contributed by atoms with Gasteiger partial charge in [0.1, 0.15) is 5.82 Å². The molecule has 0 fully saturated rings. The maximum absolute atomic E-state index is 13.3. The number of nitrogens with two attached hydrogens (primary N) is 1. The summed E-state index contributed by atoms with van der Waals surface area (Å²) in [5, 5.41) is 0. The number of nitrogen functional groups attached to an aromatic ring is 1. The Kier molecular flexibility index (Phi) is 5.09. The Morgan fingerprint density at radius 2 is 1.94 bits per heavy atom. The Morgan fingerprint density at radius 1 is 1.28 bits per heavy atom. The molecule has 1 rings (SSSR count). The van der Waals surface area contributed by atoms with Gasteiger partial charge in [0, 0.05) is 19.2 Å². The third kappa shape index (κ3) is 4.00. The number of rotatable bonds is 5. The van der Waals surface area contributed by atoms with Crippen molar-refractivity contribution in [3.8, 4) is 0 Å². The molecule has 0 aliphatic rings. The second-order valence-corrected chi connectivity index (χ2v) is 4.62. The number of amides is 1. The summed E-state index contributed by atoms with van der Waals surface area (Å²) in [5.41, 5.74) is 5.76. The van der Waals surface area contributed by atoms with E-state index in [0.717, 1.165) is 13.0 Å². The van der Waals surface area contributed by atoms with Crippen LogP contribution in [0.2, 0.25) is 0 Å². The number of halogens is 1. The zero-order valence-electron chi connectivity index (χ0n) is 11.1. The summed E-state index contributed by atoms with van der Waals surface area (Å²) in [5.74, 6) is -0.741. The molecule has 1 amide bonds. The summed E-state index contributed by atoms with van der Waals surface area (Å²) in [6.45, 7) is 1.55. The predicted octanol–water partition coefficient (Wildman–Crippen LogP) is 1.43. The van der Waals surface area contributed by atoms with Crippen LogP contribution in [0.5, 0.6) is 0 Å². The monoisotopic (exact) mass is 253 g/mol. The maximum atomic E-state index is 13.3. The molecule has 0 aliphatic carbocycles. The lowest BCUT2D eigenvalue weighted by molar-refractivity contribution is 0.0790. The molecule has 1 aromatic rings. The fourth-order valence-electron chi connectivity index (χ4n) is 1.61. The van der Waals surface area contributed by atoms with E-state index in [9.17, 15) is 9.18 Å².